The smallest absolute Gasteiger partial charge is 0.228 e. The van der Waals surface area contributed by atoms with Gasteiger partial charge in [-0.15, -0.1) is 0 Å². The second kappa shape index (κ2) is 14.1. The number of hydrogen-bond donors (Lipinski definition) is 0. The molecule has 0 N–H and O–H groups in total. The summed E-state index contributed by atoms with van der Waals surface area (Å²) in [5.74, 6) is 1.06. The van der Waals surface area contributed by atoms with Crippen LogP contribution in [0.1, 0.15) is 29.5 Å². The number of aryl methyl sites for hydroxylation is 1. The Labute approximate surface area is 281 Å². The Morgan fingerprint density at radius 1 is 0.792 bits per heavy atom. The van der Waals surface area contributed by atoms with Crippen molar-refractivity contribution < 1.29 is 14.3 Å². The van der Waals surface area contributed by atoms with Crippen LogP contribution in [-0.2, 0) is 31.6 Å². The summed E-state index contributed by atoms with van der Waals surface area (Å²) in [6.45, 7) is 2.26. The lowest BCUT2D eigenvalue weighted by Gasteiger charge is -2.36. The highest BCUT2D eigenvalue weighted by atomic mass is 16.5. The van der Waals surface area contributed by atoms with E-state index in [0.29, 0.717) is 37.9 Å². The Balaban J connectivity index is 1.12. The van der Waals surface area contributed by atoms with E-state index in [1.165, 1.54) is 5.56 Å². The molecule has 0 radical (unpaired) electrons. The van der Waals surface area contributed by atoms with Crippen molar-refractivity contribution in [2.24, 2.45) is 7.05 Å². The fourth-order valence-corrected chi connectivity index (χ4v) is 6.33. The van der Waals surface area contributed by atoms with E-state index in [2.05, 4.69) is 48.3 Å². The molecule has 0 spiro atoms. The highest BCUT2D eigenvalue weighted by Crippen LogP contribution is 2.37. The van der Waals surface area contributed by atoms with Crippen LogP contribution in [0.3, 0.4) is 0 Å². The van der Waals surface area contributed by atoms with Crippen molar-refractivity contribution in [3.63, 3.8) is 0 Å². The van der Waals surface area contributed by atoms with Gasteiger partial charge in [0.1, 0.15) is 18.9 Å². The molecular formula is C40H39N5O3. The maximum absolute atomic E-state index is 13.5. The molecule has 1 amide bonds. The molecule has 1 atom stereocenters. The number of benzene rings is 4. The van der Waals surface area contributed by atoms with Crippen LogP contribution in [0.25, 0.3) is 22.2 Å². The summed E-state index contributed by atoms with van der Waals surface area (Å²) >= 11 is 0. The third-order valence-corrected chi connectivity index (χ3v) is 8.98. The highest BCUT2D eigenvalue weighted by molar-refractivity contribution is 6.00. The van der Waals surface area contributed by atoms with Crippen molar-refractivity contribution in [3.05, 3.63) is 138 Å². The molecule has 4 aromatic carbocycles. The maximum atomic E-state index is 13.5. The maximum Gasteiger partial charge on any atom is 0.228 e. The van der Waals surface area contributed by atoms with Crippen molar-refractivity contribution in [1.29, 1.82) is 0 Å². The average molecular weight is 638 g/mol. The number of rotatable bonds is 11. The van der Waals surface area contributed by atoms with E-state index in [-0.39, 0.29) is 11.9 Å². The first kappa shape index (κ1) is 31.1. The number of fused-ring (bicyclic) bond motifs is 1. The number of ether oxygens (including phenoxy) is 2. The molecule has 0 saturated carbocycles. The number of hydrogen-bond acceptors (Lipinski definition) is 6. The van der Waals surface area contributed by atoms with Gasteiger partial charge < -0.3 is 14.4 Å². The lowest BCUT2D eigenvalue weighted by Crippen LogP contribution is -2.46. The molecule has 8 heteroatoms. The van der Waals surface area contributed by atoms with E-state index in [9.17, 15) is 4.79 Å². The Morgan fingerprint density at radius 3 is 2.10 bits per heavy atom. The van der Waals surface area contributed by atoms with E-state index in [1.807, 2.05) is 102 Å². The predicted octanol–water partition coefficient (Wildman–Crippen LogP) is 7.42. The zero-order valence-corrected chi connectivity index (χ0v) is 27.3. The van der Waals surface area contributed by atoms with Gasteiger partial charge in [-0.05, 0) is 54.4 Å². The van der Waals surface area contributed by atoms with Gasteiger partial charge in [-0.25, -0.2) is 0 Å². The van der Waals surface area contributed by atoms with E-state index in [1.54, 1.807) is 0 Å². The molecule has 2 aromatic heterocycles. The van der Waals surface area contributed by atoms with Gasteiger partial charge in [0, 0.05) is 49.7 Å². The molecule has 3 heterocycles. The lowest BCUT2D eigenvalue weighted by atomic mass is 10.0. The normalized spacial score (nSPS) is 14.9. The Hall–Kier alpha value is -5.47. The fourth-order valence-electron chi connectivity index (χ4n) is 6.33. The number of anilines is 1. The topological polar surface area (TPSA) is 72.7 Å². The van der Waals surface area contributed by atoms with Crippen LogP contribution >= 0.6 is 0 Å². The van der Waals surface area contributed by atoms with Crippen LogP contribution in [0.4, 0.5) is 5.69 Å². The molecule has 0 bridgehead atoms. The van der Waals surface area contributed by atoms with E-state index in [0.717, 1.165) is 51.9 Å². The molecule has 7 rings (SSSR count). The summed E-state index contributed by atoms with van der Waals surface area (Å²) in [4.78, 5) is 22.5. The number of carbonyl (C=O) groups is 1. The summed E-state index contributed by atoms with van der Waals surface area (Å²) in [6, 6.07) is 40.6. The first-order chi connectivity index (χ1) is 23.5. The van der Waals surface area contributed by atoms with Gasteiger partial charge in [0.2, 0.25) is 17.7 Å². The molecule has 1 saturated heterocycles. The Kier molecular flexibility index (Phi) is 9.16. The van der Waals surface area contributed by atoms with Crippen LogP contribution in [0, 0.1) is 0 Å². The van der Waals surface area contributed by atoms with Crippen molar-refractivity contribution in [3.8, 4) is 23.0 Å². The van der Waals surface area contributed by atoms with Crippen molar-refractivity contribution in [2.45, 2.75) is 38.6 Å². The van der Waals surface area contributed by atoms with Gasteiger partial charge in [0.05, 0.1) is 11.1 Å². The number of pyridine rings is 1. The fraction of sp³-hybridized carbons (Fsp3) is 0.225. The number of aromatic nitrogens is 3. The minimum absolute atomic E-state index is 0.139. The number of carbonyl (C=O) groups excluding carboxylic acids is 1. The zero-order chi connectivity index (χ0) is 32.9. The van der Waals surface area contributed by atoms with Crippen LogP contribution in [-0.4, -0.2) is 45.2 Å². The van der Waals surface area contributed by atoms with Crippen LogP contribution in [0.15, 0.2) is 121 Å². The highest BCUT2D eigenvalue weighted by Gasteiger charge is 2.30. The summed E-state index contributed by atoms with van der Waals surface area (Å²) in [5.41, 5.74) is 6.70. The molecule has 0 unspecified atom stereocenters. The van der Waals surface area contributed by atoms with E-state index < -0.39 is 0 Å². The largest absolute Gasteiger partial charge is 0.473 e. The molecule has 48 heavy (non-hydrogen) atoms. The molecular weight excluding hydrogens is 598 g/mol. The van der Waals surface area contributed by atoms with Gasteiger partial charge in [0.25, 0.3) is 0 Å². The van der Waals surface area contributed by atoms with E-state index >= 15 is 0 Å². The van der Waals surface area contributed by atoms with Crippen LogP contribution in [0.5, 0.6) is 11.8 Å². The summed E-state index contributed by atoms with van der Waals surface area (Å²) < 4.78 is 14.2. The Morgan fingerprint density at radius 2 is 1.44 bits per heavy atom. The summed E-state index contributed by atoms with van der Waals surface area (Å²) in [7, 11) is 4.04. The van der Waals surface area contributed by atoms with Gasteiger partial charge in [-0.3, -0.25) is 14.4 Å². The van der Waals surface area contributed by atoms with Crippen LogP contribution < -0.4 is 14.4 Å². The van der Waals surface area contributed by atoms with Crippen molar-refractivity contribution >= 4 is 22.5 Å². The van der Waals surface area contributed by atoms with Gasteiger partial charge in [-0.1, -0.05) is 91.0 Å². The van der Waals surface area contributed by atoms with Crippen molar-refractivity contribution in [1.82, 2.24) is 19.7 Å². The van der Waals surface area contributed by atoms with Crippen molar-refractivity contribution in [2.75, 3.05) is 18.5 Å². The summed E-state index contributed by atoms with van der Waals surface area (Å²) in [5, 5.41) is 5.88. The number of piperidine rings is 1. The third kappa shape index (κ3) is 6.94. The second-order valence-corrected chi connectivity index (χ2v) is 12.3. The molecule has 242 valence electrons. The number of amides is 1. The minimum Gasteiger partial charge on any atom is -0.473 e. The summed E-state index contributed by atoms with van der Waals surface area (Å²) in [6.07, 6.45) is 1.40. The first-order valence-corrected chi connectivity index (χ1v) is 16.4. The first-order valence-electron chi connectivity index (χ1n) is 16.4. The molecule has 1 aliphatic rings. The lowest BCUT2D eigenvalue weighted by molar-refractivity contribution is -0.121. The predicted molar refractivity (Wildman–Crippen MR) is 189 cm³/mol. The second-order valence-electron chi connectivity index (χ2n) is 12.3. The average Bonchev–Trinajstić information content (AvgIpc) is 3.46. The quantitative estimate of drug-likeness (QED) is 0.147. The van der Waals surface area contributed by atoms with E-state index in [4.69, 9.17) is 19.6 Å². The molecule has 8 nitrogen and oxygen atoms in total. The third-order valence-electron chi connectivity index (χ3n) is 8.98. The number of nitrogens with zero attached hydrogens (tertiary/aromatic N) is 5. The monoisotopic (exact) mass is 637 g/mol. The van der Waals surface area contributed by atoms with Gasteiger partial charge >= 0.3 is 0 Å². The standard InChI is InChI=1S/C40H39N5O3/c1-43(26-29-12-6-3-7-13-29)32-22-23-45(38(46)25-32)33-18-19-34-36(24-33)44(2)42-39(34)35-20-21-37(47-27-30-14-8-4-9-15-30)41-40(35)48-28-31-16-10-5-11-17-31/h3-21,24,32H,22-23,25-28H2,1-2H3/t32-/m0/s1. The zero-order valence-electron chi connectivity index (χ0n) is 27.3. The molecule has 1 fully saturated rings. The molecule has 1 aliphatic heterocycles. The SMILES string of the molecule is CN(Cc1ccccc1)[C@H]1CCN(c2ccc3c(-c4ccc(OCc5ccccc5)nc4OCc4ccccc4)nn(C)c3c2)C(=O)C1. The van der Waals surface area contributed by atoms with Crippen LogP contribution in [0.2, 0.25) is 0 Å². The molecule has 0 aliphatic carbocycles. The minimum atomic E-state index is 0.139. The Bertz CT molecular complexity index is 2000. The van der Waals surface area contributed by atoms with Gasteiger partial charge in [0.15, 0.2) is 0 Å². The van der Waals surface area contributed by atoms with Gasteiger partial charge in [-0.2, -0.15) is 10.1 Å². The molecule has 6 aromatic rings.